The van der Waals surface area contributed by atoms with E-state index in [1.165, 1.54) is 6.08 Å². The van der Waals surface area contributed by atoms with Crippen molar-refractivity contribution in [2.24, 2.45) is 0 Å². The van der Waals surface area contributed by atoms with E-state index in [9.17, 15) is 9.59 Å². The van der Waals surface area contributed by atoms with Crippen molar-refractivity contribution in [2.75, 3.05) is 12.4 Å². The van der Waals surface area contributed by atoms with Crippen molar-refractivity contribution in [3.05, 3.63) is 93.4 Å². The summed E-state index contributed by atoms with van der Waals surface area (Å²) in [5.74, 6) is 0.138. The Morgan fingerprint density at radius 3 is 2.37 bits per heavy atom. The largest absolute Gasteiger partial charge is 0.496 e. The van der Waals surface area contributed by atoms with E-state index in [4.69, 9.17) is 21.1 Å². The van der Waals surface area contributed by atoms with Crippen molar-refractivity contribution in [3.8, 4) is 11.5 Å². The van der Waals surface area contributed by atoms with Crippen molar-refractivity contribution in [1.29, 1.82) is 0 Å². The Morgan fingerprint density at radius 2 is 1.70 bits per heavy atom. The molecule has 0 fully saturated rings. The predicted octanol–water partition coefficient (Wildman–Crippen LogP) is 5.98. The van der Waals surface area contributed by atoms with Crippen LogP contribution in [0.1, 0.15) is 15.9 Å². The van der Waals surface area contributed by atoms with Gasteiger partial charge < -0.3 is 14.8 Å². The zero-order chi connectivity index (χ0) is 21.5. The molecule has 3 aromatic carbocycles. The van der Waals surface area contributed by atoms with Crippen LogP contribution in [0.3, 0.4) is 0 Å². The number of halogens is 2. The number of nitrogens with one attached hydrogen (secondary N) is 1. The fraction of sp³-hybridized carbons (Fsp3) is 0.0435. The minimum atomic E-state index is -0.546. The molecule has 0 bridgehead atoms. The molecule has 0 aliphatic heterocycles. The van der Waals surface area contributed by atoms with Gasteiger partial charge in [0.2, 0.25) is 0 Å². The third kappa shape index (κ3) is 5.95. The average Bonchev–Trinajstić information content (AvgIpc) is 2.74. The van der Waals surface area contributed by atoms with Gasteiger partial charge in [-0.2, -0.15) is 0 Å². The molecule has 0 spiro atoms. The van der Waals surface area contributed by atoms with Gasteiger partial charge in [-0.15, -0.1) is 0 Å². The summed E-state index contributed by atoms with van der Waals surface area (Å²) in [7, 11) is 1.56. The molecule has 0 heterocycles. The minimum absolute atomic E-state index is 0.281. The van der Waals surface area contributed by atoms with Crippen LogP contribution < -0.4 is 14.8 Å². The van der Waals surface area contributed by atoms with Gasteiger partial charge in [-0.25, -0.2) is 4.79 Å². The zero-order valence-corrected chi connectivity index (χ0v) is 18.2. The van der Waals surface area contributed by atoms with E-state index in [-0.39, 0.29) is 5.91 Å². The molecule has 0 saturated heterocycles. The number of carbonyl (C=O) groups is 2. The van der Waals surface area contributed by atoms with Gasteiger partial charge in [0.1, 0.15) is 11.5 Å². The van der Waals surface area contributed by atoms with Crippen molar-refractivity contribution < 1.29 is 19.1 Å². The van der Waals surface area contributed by atoms with Gasteiger partial charge in [0.05, 0.1) is 7.11 Å². The molecule has 0 aromatic heterocycles. The second kappa shape index (κ2) is 10.1. The zero-order valence-electron chi connectivity index (χ0n) is 15.9. The first kappa shape index (κ1) is 21.6. The number of benzene rings is 3. The summed E-state index contributed by atoms with van der Waals surface area (Å²) in [6.45, 7) is 0. The van der Waals surface area contributed by atoms with Crippen LogP contribution >= 0.6 is 27.5 Å². The van der Waals surface area contributed by atoms with Crippen LogP contribution in [-0.2, 0) is 4.79 Å². The van der Waals surface area contributed by atoms with Crippen molar-refractivity contribution >= 4 is 51.2 Å². The molecule has 7 heteroatoms. The number of hydrogen-bond acceptors (Lipinski definition) is 4. The quantitative estimate of drug-likeness (QED) is 0.264. The molecule has 0 unspecified atom stereocenters. The summed E-state index contributed by atoms with van der Waals surface area (Å²) in [5.41, 5.74) is 1.80. The first-order valence-electron chi connectivity index (χ1n) is 8.85. The number of anilines is 1. The van der Waals surface area contributed by atoms with E-state index in [2.05, 4.69) is 21.2 Å². The summed E-state index contributed by atoms with van der Waals surface area (Å²) in [6, 6.07) is 18.5. The van der Waals surface area contributed by atoms with E-state index in [1.54, 1.807) is 67.8 Å². The average molecular weight is 487 g/mol. The molecule has 0 radical (unpaired) electrons. The Hall–Kier alpha value is -3.09. The van der Waals surface area contributed by atoms with Gasteiger partial charge in [0.25, 0.3) is 5.91 Å². The lowest BCUT2D eigenvalue weighted by Crippen LogP contribution is -2.11. The molecule has 0 atom stereocenters. The fourth-order valence-electron chi connectivity index (χ4n) is 2.55. The molecule has 0 saturated carbocycles. The number of methoxy groups -OCH3 is 1. The third-order valence-corrected chi connectivity index (χ3v) is 4.77. The Labute approximate surface area is 187 Å². The number of esters is 1. The summed E-state index contributed by atoms with van der Waals surface area (Å²) < 4.78 is 11.4. The first-order valence-corrected chi connectivity index (χ1v) is 10.0. The standard InChI is InChI=1S/C23H17BrClNO4/c1-29-21-12-5-17(24)14-16(21)4-13-22(27)30-20-10-2-15(3-11-20)23(28)26-19-8-6-18(25)7-9-19/h2-14H,1H3,(H,26,28)/b13-4+. The van der Waals surface area contributed by atoms with Gasteiger partial charge in [-0.05, 0) is 72.8 Å². The number of carbonyl (C=O) groups excluding carboxylic acids is 2. The normalized spacial score (nSPS) is 10.6. The highest BCUT2D eigenvalue weighted by Gasteiger charge is 2.08. The second-order valence-corrected chi connectivity index (χ2v) is 7.48. The summed E-state index contributed by atoms with van der Waals surface area (Å²) in [6.07, 6.45) is 2.92. The van der Waals surface area contributed by atoms with Crippen LogP contribution in [0.2, 0.25) is 5.02 Å². The molecular formula is C23H17BrClNO4. The molecule has 1 amide bonds. The Bertz CT molecular complexity index is 1080. The lowest BCUT2D eigenvalue weighted by Gasteiger charge is -2.07. The SMILES string of the molecule is COc1ccc(Br)cc1/C=C/C(=O)Oc1ccc(C(=O)Nc2ccc(Cl)cc2)cc1. The Kier molecular flexibility index (Phi) is 7.27. The third-order valence-electron chi connectivity index (χ3n) is 4.03. The molecule has 152 valence electrons. The predicted molar refractivity (Wildman–Crippen MR) is 121 cm³/mol. The van der Waals surface area contributed by atoms with Gasteiger partial charge in [-0.3, -0.25) is 4.79 Å². The second-order valence-electron chi connectivity index (χ2n) is 6.13. The van der Waals surface area contributed by atoms with E-state index in [0.717, 1.165) is 10.0 Å². The maximum atomic E-state index is 12.3. The van der Waals surface area contributed by atoms with Crippen LogP contribution in [0, 0.1) is 0 Å². The molecule has 3 aromatic rings. The van der Waals surface area contributed by atoms with E-state index >= 15 is 0 Å². The summed E-state index contributed by atoms with van der Waals surface area (Å²) in [5, 5.41) is 3.36. The smallest absolute Gasteiger partial charge is 0.336 e. The van der Waals surface area contributed by atoms with Gasteiger partial charge in [0.15, 0.2) is 0 Å². The molecule has 30 heavy (non-hydrogen) atoms. The number of amides is 1. The van der Waals surface area contributed by atoms with E-state index < -0.39 is 5.97 Å². The van der Waals surface area contributed by atoms with E-state index in [1.807, 2.05) is 12.1 Å². The lowest BCUT2D eigenvalue weighted by atomic mass is 10.2. The molecular weight excluding hydrogens is 470 g/mol. The van der Waals surface area contributed by atoms with Crippen LogP contribution in [0.15, 0.2) is 77.3 Å². The molecule has 5 nitrogen and oxygen atoms in total. The molecule has 0 aliphatic carbocycles. The maximum absolute atomic E-state index is 12.3. The highest BCUT2D eigenvalue weighted by Crippen LogP contribution is 2.24. The van der Waals surface area contributed by atoms with Crippen LogP contribution in [-0.4, -0.2) is 19.0 Å². The molecule has 1 N–H and O–H groups in total. The fourth-order valence-corrected chi connectivity index (χ4v) is 3.06. The van der Waals surface area contributed by atoms with Crippen molar-refractivity contribution in [1.82, 2.24) is 0 Å². The highest BCUT2D eigenvalue weighted by molar-refractivity contribution is 9.10. The van der Waals surface area contributed by atoms with E-state index in [0.29, 0.717) is 27.8 Å². The maximum Gasteiger partial charge on any atom is 0.336 e. The van der Waals surface area contributed by atoms with Crippen LogP contribution in [0.4, 0.5) is 5.69 Å². The lowest BCUT2D eigenvalue weighted by molar-refractivity contribution is -0.128. The number of hydrogen-bond donors (Lipinski definition) is 1. The van der Waals surface area contributed by atoms with Crippen LogP contribution in [0.5, 0.6) is 11.5 Å². The Morgan fingerprint density at radius 1 is 1.00 bits per heavy atom. The molecule has 0 aliphatic rings. The van der Waals surface area contributed by atoms with Gasteiger partial charge >= 0.3 is 5.97 Å². The highest BCUT2D eigenvalue weighted by atomic mass is 79.9. The minimum Gasteiger partial charge on any atom is -0.496 e. The Balaban J connectivity index is 1.61. The van der Waals surface area contributed by atoms with Crippen molar-refractivity contribution in [3.63, 3.8) is 0 Å². The first-order chi connectivity index (χ1) is 14.4. The van der Waals surface area contributed by atoms with Crippen LogP contribution in [0.25, 0.3) is 6.08 Å². The molecule has 3 rings (SSSR count). The van der Waals surface area contributed by atoms with Gasteiger partial charge in [0, 0.05) is 32.4 Å². The topological polar surface area (TPSA) is 64.6 Å². The van der Waals surface area contributed by atoms with Gasteiger partial charge in [-0.1, -0.05) is 27.5 Å². The summed E-state index contributed by atoms with van der Waals surface area (Å²) in [4.78, 5) is 24.4. The number of rotatable bonds is 6. The monoisotopic (exact) mass is 485 g/mol. The van der Waals surface area contributed by atoms with Crippen molar-refractivity contribution in [2.45, 2.75) is 0 Å². The number of ether oxygens (including phenoxy) is 2. The summed E-state index contributed by atoms with van der Waals surface area (Å²) >= 11 is 9.22.